The van der Waals surface area contributed by atoms with Gasteiger partial charge in [0.05, 0.1) is 6.61 Å². The monoisotopic (exact) mass is 227 g/mol. The molecule has 1 aliphatic heterocycles. The molecule has 0 saturated carbocycles. The van der Waals surface area contributed by atoms with E-state index in [1.165, 1.54) is 13.0 Å². The van der Waals surface area contributed by atoms with Gasteiger partial charge in [-0.2, -0.15) is 0 Å². The Labute approximate surface area is 101 Å². The van der Waals surface area contributed by atoms with Gasteiger partial charge in [-0.3, -0.25) is 4.90 Å². The van der Waals surface area contributed by atoms with Crippen LogP contribution in [0.5, 0.6) is 0 Å². The molecule has 1 heterocycles. The first-order chi connectivity index (χ1) is 7.16. The molecule has 16 heavy (non-hydrogen) atoms. The van der Waals surface area contributed by atoms with Gasteiger partial charge in [-0.05, 0) is 38.5 Å². The highest BCUT2D eigenvalue weighted by Crippen LogP contribution is 2.39. The Kier molecular flexibility index (Phi) is 4.07. The minimum Gasteiger partial charge on any atom is -0.383 e. The van der Waals surface area contributed by atoms with Crippen LogP contribution in [0.15, 0.2) is 0 Å². The van der Waals surface area contributed by atoms with E-state index in [9.17, 15) is 0 Å². The lowest BCUT2D eigenvalue weighted by Gasteiger charge is -2.37. The zero-order valence-electron chi connectivity index (χ0n) is 12.1. The van der Waals surface area contributed by atoms with Gasteiger partial charge in [-0.25, -0.2) is 0 Å². The molecule has 2 heteroatoms. The van der Waals surface area contributed by atoms with Crippen LogP contribution in [0.1, 0.15) is 48.0 Å². The van der Waals surface area contributed by atoms with Gasteiger partial charge >= 0.3 is 0 Å². The number of ether oxygens (including phenoxy) is 1. The first-order valence-corrected chi connectivity index (χ1v) is 6.42. The van der Waals surface area contributed by atoms with E-state index in [1.54, 1.807) is 0 Å². The molecule has 96 valence electrons. The maximum atomic E-state index is 5.37. The maximum Gasteiger partial charge on any atom is 0.0618 e. The van der Waals surface area contributed by atoms with Crippen molar-refractivity contribution >= 4 is 0 Å². The Morgan fingerprint density at radius 2 is 1.69 bits per heavy atom. The van der Waals surface area contributed by atoms with Gasteiger partial charge in [0.15, 0.2) is 0 Å². The van der Waals surface area contributed by atoms with Gasteiger partial charge in [0.2, 0.25) is 0 Å². The first kappa shape index (κ1) is 14.0. The molecule has 0 aromatic carbocycles. The van der Waals surface area contributed by atoms with E-state index in [2.05, 4.69) is 46.4 Å². The third kappa shape index (κ3) is 3.21. The van der Waals surface area contributed by atoms with E-state index >= 15 is 0 Å². The van der Waals surface area contributed by atoms with Gasteiger partial charge < -0.3 is 4.74 Å². The van der Waals surface area contributed by atoms with Crippen LogP contribution in [0.25, 0.3) is 0 Å². The second kappa shape index (κ2) is 4.66. The van der Waals surface area contributed by atoms with Crippen LogP contribution < -0.4 is 0 Å². The summed E-state index contributed by atoms with van der Waals surface area (Å²) < 4.78 is 5.37. The van der Waals surface area contributed by atoms with Crippen molar-refractivity contribution in [1.82, 2.24) is 4.90 Å². The molecule has 0 aliphatic carbocycles. The fraction of sp³-hybridized carbons (Fsp3) is 1.00. The summed E-state index contributed by atoms with van der Waals surface area (Å²) in [5.74, 6) is 0.784. The van der Waals surface area contributed by atoms with Gasteiger partial charge in [0.1, 0.15) is 0 Å². The predicted molar refractivity (Wildman–Crippen MR) is 69.7 cm³/mol. The smallest absolute Gasteiger partial charge is 0.0618 e. The van der Waals surface area contributed by atoms with Crippen molar-refractivity contribution < 1.29 is 4.74 Å². The zero-order valence-corrected chi connectivity index (χ0v) is 12.1. The number of hydrogen-bond donors (Lipinski definition) is 0. The van der Waals surface area contributed by atoms with Crippen LogP contribution in [0.4, 0.5) is 0 Å². The molecule has 1 saturated heterocycles. The number of hydrogen-bond acceptors (Lipinski definition) is 2. The average molecular weight is 227 g/mol. The Hall–Kier alpha value is -0.0800. The van der Waals surface area contributed by atoms with E-state index in [-0.39, 0.29) is 5.54 Å². The van der Waals surface area contributed by atoms with Gasteiger partial charge in [-0.15, -0.1) is 0 Å². The van der Waals surface area contributed by atoms with E-state index < -0.39 is 0 Å². The summed E-state index contributed by atoms with van der Waals surface area (Å²) in [6, 6.07) is 0.592. The molecule has 0 aromatic rings. The molecule has 2 nitrogen and oxygen atoms in total. The Bertz CT molecular complexity index is 224. The van der Waals surface area contributed by atoms with E-state index in [0.717, 1.165) is 12.5 Å². The van der Waals surface area contributed by atoms with Crippen LogP contribution in [-0.2, 0) is 4.74 Å². The second-order valence-electron chi connectivity index (χ2n) is 7.23. The summed E-state index contributed by atoms with van der Waals surface area (Å²) in [6.07, 6.45) is 1.27. The molecule has 0 amide bonds. The SMILES string of the molecule is COC[C@@H]1CC(C(C)(C)C)CN1C(C)(C)C. The summed E-state index contributed by atoms with van der Waals surface area (Å²) in [6.45, 7) is 16.1. The maximum absolute atomic E-state index is 5.37. The standard InChI is InChI=1S/C14H29NO/c1-13(2,3)11-8-12(10-16-7)15(9-11)14(4,5)6/h11-12H,8-10H2,1-7H3/t11?,12-/m0/s1. The molecular weight excluding hydrogens is 198 g/mol. The van der Waals surface area contributed by atoms with Crippen LogP contribution in [0.2, 0.25) is 0 Å². The Morgan fingerprint density at radius 1 is 1.12 bits per heavy atom. The van der Waals surface area contributed by atoms with Crippen LogP contribution >= 0.6 is 0 Å². The largest absolute Gasteiger partial charge is 0.383 e. The average Bonchev–Trinajstić information content (AvgIpc) is 2.46. The van der Waals surface area contributed by atoms with Gasteiger partial charge in [0, 0.05) is 25.2 Å². The fourth-order valence-corrected chi connectivity index (χ4v) is 2.72. The lowest BCUT2D eigenvalue weighted by molar-refractivity contribution is 0.0586. The minimum absolute atomic E-state index is 0.253. The van der Waals surface area contributed by atoms with Gasteiger partial charge in [-0.1, -0.05) is 20.8 Å². The summed E-state index contributed by atoms with van der Waals surface area (Å²) >= 11 is 0. The van der Waals surface area contributed by atoms with E-state index in [4.69, 9.17) is 4.74 Å². The highest BCUT2D eigenvalue weighted by Gasteiger charge is 2.42. The number of methoxy groups -OCH3 is 1. The number of likely N-dealkylation sites (tertiary alicyclic amines) is 1. The molecule has 0 bridgehead atoms. The normalized spacial score (nSPS) is 28.7. The summed E-state index contributed by atoms with van der Waals surface area (Å²) in [5.41, 5.74) is 0.662. The third-order valence-corrected chi connectivity index (χ3v) is 3.86. The molecule has 0 radical (unpaired) electrons. The van der Waals surface area contributed by atoms with E-state index in [0.29, 0.717) is 11.5 Å². The van der Waals surface area contributed by atoms with Crippen LogP contribution in [0.3, 0.4) is 0 Å². The molecule has 1 aliphatic rings. The van der Waals surface area contributed by atoms with Crippen molar-refractivity contribution in [2.45, 2.75) is 59.5 Å². The number of nitrogens with zero attached hydrogens (tertiary/aromatic N) is 1. The van der Waals surface area contributed by atoms with E-state index in [1.807, 2.05) is 7.11 Å². The van der Waals surface area contributed by atoms with Crippen LogP contribution in [-0.4, -0.2) is 36.7 Å². The predicted octanol–water partition coefficient (Wildman–Crippen LogP) is 3.17. The van der Waals surface area contributed by atoms with Gasteiger partial charge in [0.25, 0.3) is 0 Å². The van der Waals surface area contributed by atoms with Crippen molar-refractivity contribution in [2.75, 3.05) is 20.3 Å². The zero-order chi connectivity index (χ0) is 12.6. The van der Waals surface area contributed by atoms with Crippen molar-refractivity contribution in [2.24, 2.45) is 11.3 Å². The quantitative estimate of drug-likeness (QED) is 0.718. The Balaban J connectivity index is 2.76. The van der Waals surface area contributed by atoms with Crippen molar-refractivity contribution in [3.63, 3.8) is 0 Å². The third-order valence-electron chi connectivity index (χ3n) is 3.86. The molecule has 1 fully saturated rings. The van der Waals surface area contributed by atoms with Crippen molar-refractivity contribution in [3.05, 3.63) is 0 Å². The molecule has 1 unspecified atom stereocenters. The molecule has 0 aromatic heterocycles. The molecule has 1 rings (SSSR count). The highest BCUT2D eigenvalue weighted by molar-refractivity contribution is 4.95. The fourth-order valence-electron chi connectivity index (χ4n) is 2.72. The molecular formula is C14H29NO. The number of rotatable bonds is 2. The van der Waals surface area contributed by atoms with Crippen molar-refractivity contribution in [3.8, 4) is 0 Å². The van der Waals surface area contributed by atoms with Crippen LogP contribution in [0, 0.1) is 11.3 Å². The summed E-state index contributed by atoms with van der Waals surface area (Å²) in [7, 11) is 1.81. The lowest BCUT2D eigenvalue weighted by Crippen LogP contribution is -2.46. The summed E-state index contributed by atoms with van der Waals surface area (Å²) in [4.78, 5) is 2.62. The summed E-state index contributed by atoms with van der Waals surface area (Å²) in [5, 5.41) is 0. The molecule has 0 spiro atoms. The Morgan fingerprint density at radius 3 is 2.06 bits per heavy atom. The highest BCUT2D eigenvalue weighted by atomic mass is 16.5. The lowest BCUT2D eigenvalue weighted by atomic mass is 9.79. The van der Waals surface area contributed by atoms with Crippen molar-refractivity contribution in [1.29, 1.82) is 0 Å². The minimum atomic E-state index is 0.253. The molecule has 2 atom stereocenters. The molecule has 0 N–H and O–H groups in total. The first-order valence-electron chi connectivity index (χ1n) is 6.42. The second-order valence-corrected chi connectivity index (χ2v) is 7.23. The topological polar surface area (TPSA) is 12.5 Å².